The van der Waals surface area contributed by atoms with Crippen molar-refractivity contribution in [2.75, 3.05) is 6.54 Å². The predicted octanol–water partition coefficient (Wildman–Crippen LogP) is 4.40. The zero-order valence-corrected chi connectivity index (χ0v) is 13.0. The van der Waals surface area contributed by atoms with Gasteiger partial charge in [-0.1, -0.05) is 25.5 Å². The Morgan fingerprint density at radius 2 is 1.95 bits per heavy atom. The Bertz CT molecular complexity index is 354. The molecule has 1 heterocycles. The highest BCUT2D eigenvalue weighted by Crippen LogP contribution is 2.33. The van der Waals surface area contributed by atoms with Gasteiger partial charge in [0.2, 0.25) is 0 Å². The first-order valence-electron chi connectivity index (χ1n) is 7.96. The molecule has 0 aromatic carbocycles. The lowest BCUT2D eigenvalue weighted by atomic mass is 9.78. The number of aliphatic imine (C=N–C) groups is 1. The molecule has 1 saturated carbocycles. The zero-order chi connectivity index (χ0) is 13.8. The van der Waals surface area contributed by atoms with Gasteiger partial charge in [-0.05, 0) is 51.9 Å². The lowest BCUT2D eigenvalue weighted by Gasteiger charge is -2.32. The second-order valence-corrected chi connectivity index (χ2v) is 6.53. The molecule has 2 heteroatoms. The molecular weight excluding hydrogens is 234 g/mol. The molecule has 0 spiro atoms. The van der Waals surface area contributed by atoms with Crippen molar-refractivity contribution >= 4 is 5.71 Å². The number of hydrogen-bond acceptors (Lipinski definition) is 2. The highest BCUT2D eigenvalue weighted by atomic mass is 16.5. The smallest absolute Gasteiger partial charge is 0.0581 e. The van der Waals surface area contributed by atoms with Crippen molar-refractivity contribution < 1.29 is 4.74 Å². The van der Waals surface area contributed by atoms with Gasteiger partial charge in [-0.2, -0.15) is 0 Å². The summed E-state index contributed by atoms with van der Waals surface area (Å²) in [6, 6.07) is 0. The van der Waals surface area contributed by atoms with Gasteiger partial charge in [0.15, 0.2) is 0 Å². The predicted molar refractivity (Wildman–Crippen MR) is 81.8 cm³/mol. The van der Waals surface area contributed by atoms with Gasteiger partial charge < -0.3 is 4.74 Å². The molecule has 0 aromatic heterocycles. The molecule has 19 heavy (non-hydrogen) atoms. The lowest BCUT2D eigenvalue weighted by molar-refractivity contribution is -0.00435. The molecule has 0 bridgehead atoms. The van der Waals surface area contributed by atoms with Crippen molar-refractivity contribution in [1.29, 1.82) is 0 Å². The summed E-state index contributed by atoms with van der Waals surface area (Å²) in [7, 11) is 0. The van der Waals surface area contributed by atoms with Crippen LogP contribution >= 0.6 is 0 Å². The molecule has 2 aliphatic rings. The first-order chi connectivity index (χ1) is 9.08. The molecule has 0 N–H and O–H groups in total. The molecule has 2 unspecified atom stereocenters. The normalized spacial score (nSPS) is 28.5. The first kappa shape index (κ1) is 14.8. The minimum Gasteiger partial charge on any atom is -0.376 e. The van der Waals surface area contributed by atoms with Crippen molar-refractivity contribution in [2.45, 2.75) is 72.0 Å². The molecule has 0 amide bonds. The van der Waals surface area contributed by atoms with Crippen molar-refractivity contribution in [3.8, 4) is 0 Å². The highest BCUT2D eigenvalue weighted by molar-refractivity contribution is 5.91. The van der Waals surface area contributed by atoms with Crippen molar-refractivity contribution in [3.63, 3.8) is 0 Å². The molecule has 1 aliphatic heterocycles. The molecular formula is C17H29NO. The summed E-state index contributed by atoms with van der Waals surface area (Å²) < 4.78 is 6.02. The number of allylic oxidation sites excluding steroid dienone is 1. The number of rotatable bonds is 3. The highest BCUT2D eigenvalue weighted by Gasteiger charge is 2.27. The number of fused-ring (bicyclic) bond motifs is 1. The van der Waals surface area contributed by atoms with Crippen LogP contribution in [-0.2, 0) is 4.74 Å². The third-order valence-corrected chi connectivity index (χ3v) is 4.26. The Kier molecular flexibility index (Phi) is 5.20. The summed E-state index contributed by atoms with van der Waals surface area (Å²) >= 11 is 0. The van der Waals surface area contributed by atoms with E-state index in [1.54, 1.807) is 5.57 Å². The molecule has 0 radical (unpaired) electrons. The standard InChI is InChI=1S/C17H29NO/c1-12(2)17-16-7-5-6-15(19-13(3)4)9-8-14(16)10-11-18-17/h10,12-13,15-16H,5-9,11H2,1-4H3. The van der Waals surface area contributed by atoms with Crippen LogP contribution in [0.1, 0.15) is 59.8 Å². The fraction of sp³-hybridized carbons (Fsp3) is 0.824. The van der Waals surface area contributed by atoms with Gasteiger partial charge >= 0.3 is 0 Å². The number of nitrogens with zero attached hydrogens (tertiary/aromatic N) is 1. The largest absolute Gasteiger partial charge is 0.376 e. The summed E-state index contributed by atoms with van der Waals surface area (Å²) in [5.74, 6) is 1.23. The van der Waals surface area contributed by atoms with Crippen LogP contribution in [0.25, 0.3) is 0 Å². The first-order valence-corrected chi connectivity index (χ1v) is 7.96. The third-order valence-electron chi connectivity index (χ3n) is 4.26. The van der Waals surface area contributed by atoms with E-state index in [2.05, 4.69) is 33.8 Å². The fourth-order valence-electron chi connectivity index (χ4n) is 3.45. The van der Waals surface area contributed by atoms with E-state index in [9.17, 15) is 0 Å². The lowest BCUT2D eigenvalue weighted by Crippen LogP contribution is -2.29. The van der Waals surface area contributed by atoms with E-state index in [1.165, 1.54) is 37.8 Å². The van der Waals surface area contributed by atoms with E-state index in [1.807, 2.05) is 0 Å². The number of hydrogen-bond donors (Lipinski definition) is 0. The van der Waals surface area contributed by atoms with Gasteiger partial charge in [0, 0.05) is 11.6 Å². The van der Waals surface area contributed by atoms with Crippen LogP contribution in [0.2, 0.25) is 0 Å². The van der Waals surface area contributed by atoms with Crippen LogP contribution < -0.4 is 0 Å². The van der Waals surface area contributed by atoms with Crippen molar-refractivity contribution in [3.05, 3.63) is 11.6 Å². The van der Waals surface area contributed by atoms with Gasteiger partial charge in [0.05, 0.1) is 18.8 Å². The van der Waals surface area contributed by atoms with E-state index in [4.69, 9.17) is 9.73 Å². The van der Waals surface area contributed by atoms with Gasteiger partial charge in [-0.3, -0.25) is 4.99 Å². The van der Waals surface area contributed by atoms with Crippen molar-refractivity contribution in [1.82, 2.24) is 0 Å². The van der Waals surface area contributed by atoms with Gasteiger partial charge in [-0.25, -0.2) is 0 Å². The minimum atomic E-state index is 0.355. The van der Waals surface area contributed by atoms with Gasteiger partial charge in [-0.15, -0.1) is 0 Å². The topological polar surface area (TPSA) is 21.6 Å². The van der Waals surface area contributed by atoms with Crippen LogP contribution in [0.15, 0.2) is 16.6 Å². The molecule has 1 fully saturated rings. The molecule has 108 valence electrons. The second kappa shape index (κ2) is 6.69. The summed E-state index contributed by atoms with van der Waals surface area (Å²) in [4.78, 5) is 4.76. The number of dihydropyridines is 1. The Morgan fingerprint density at radius 1 is 1.16 bits per heavy atom. The van der Waals surface area contributed by atoms with Crippen LogP contribution in [0.4, 0.5) is 0 Å². The maximum Gasteiger partial charge on any atom is 0.0581 e. The van der Waals surface area contributed by atoms with Crippen molar-refractivity contribution in [2.24, 2.45) is 16.8 Å². The molecule has 2 nitrogen and oxygen atoms in total. The van der Waals surface area contributed by atoms with Crippen LogP contribution in [0.3, 0.4) is 0 Å². The third kappa shape index (κ3) is 3.92. The molecule has 1 aliphatic carbocycles. The quantitative estimate of drug-likeness (QED) is 0.692. The van der Waals surface area contributed by atoms with E-state index in [0.29, 0.717) is 24.0 Å². The second-order valence-electron chi connectivity index (χ2n) is 6.53. The Balaban J connectivity index is 2.01. The molecule has 2 atom stereocenters. The Morgan fingerprint density at radius 3 is 2.63 bits per heavy atom. The van der Waals surface area contributed by atoms with Crippen LogP contribution in [-0.4, -0.2) is 24.5 Å². The van der Waals surface area contributed by atoms with E-state index in [-0.39, 0.29) is 0 Å². The summed E-state index contributed by atoms with van der Waals surface area (Å²) in [6.45, 7) is 9.75. The average Bonchev–Trinajstić information content (AvgIpc) is 2.32. The van der Waals surface area contributed by atoms with E-state index in [0.717, 1.165) is 6.54 Å². The van der Waals surface area contributed by atoms with Gasteiger partial charge in [0.25, 0.3) is 0 Å². The summed E-state index contributed by atoms with van der Waals surface area (Å²) in [5, 5.41) is 0. The number of ether oxygens (including phenoxy) is 1. The SMILES string of the molecule is CC(C)OC1CCCC2C(=CCN=C2C(C)C)CC1. The summed E-state index contributed by atoms with van der Waals surface area (Å²) in [5.41, 5.74) is 3.08. The monoisotopic (exact) mass is 263 g/mol. The fourth-order valence-corrected chi connectivity index (χ4v) is 3.45. The zero-order valence-electron chi connectivity index (χ0n) is 13.0. The van der Waals surface area contributed by atoms with Crippen LogP contribution in [0.5, 0.6) is 0 Å². The van der Waals surface area contributed by atoms with Gasteiger partial charge in [0.1, 0.15) is 0 Å². The minimum absolute atomic E-state index is 0.355. The average molecular weight is 263 g/mol. The molecule has 2 rings (SSSR count). The van der Waals surface area contributed by atoms with Crippen LogP contribution in [0, 0.1) is 11.8 Å². The maximum absolute atomic E-state index is 6.02. The molecule has 0 aromatic rings. The Hall–Kier alpha value is -0.630. The summed E-state index contributed by atoms with van der Waals surface area (Å²) in [6.07, 6.45) is 9.32. The molecule has 0 saturated heterocycles. The maximum atomic E-state index is 6.02. The Labute approximate surface area is 118 Å². The van der Waals surface area contributed by atoms with E-state index >= 15 is 0 Å². The van der Waals surface area contributed by atoms with E-state index < -0.39 is 0 Å².